The maximum absolute atomic E-state index is 12.1. The minimum absolute atomic E-state index is 0.0335. The maximum Gasteiger partial charge on any atom is 0.258 e. The smallest absolute Gasteiger partial charge is 0.258 e. The summed E-state index contributed by atoms with van der Waals surface area (Å²) in [6, 6.07) is 5.14. The van der Waals surface area contributed by atoms with Gasteiger partial charge < -0.3 is 24.6 Å². The highest BCUT2D eigenvalue weighted by Gasteiger charge is 2.17. The van der Waals surface area contributed by atoms with Gasteiger partial charge in [0.1, 0.15) is 17.1 Å². The van der Waals surface area contributed by atoms with E-state index in [1.807, 2.05) is 0 Å². The molecule has 2 N–H and O–H groups in total. The van der Waals surface area contributed by atoms with Crippen molar-refractivity contribution in [3.8, 4) is 11.5 Å². The predicted molar refractivity (Wildman–Crippen MR) is 69.8 cm³/mol. The van der Waals surface area contributed by atoms with Crippen LogP contribution in [0.15, 0.2) is 18.2 Å². The maximum atomic E-state index is 12.1. The highest BCUT2D eigenvalue weighted by Crippen LogP contribution is 2.27. The van der Waals surface area contributed by atoms with E-state index in [0.717, 1.165) is 0 Å². The first-order chi connectivity index (χ1) is 9.24. The fraction of sp³-hybridized carbons (Fsp3) is 0.462. The molecule has 0 heterocycles. The van der Waals surface area contributed by atoms with Gasteiger partial charge in [0, 0.05) is 6.54 Å². The van der Waals surface area contributed by atoms with Gasteiger partial charge in [-0.25, -0.2) is 0 Å². The first-order valence-electron chi connectivity index (χ1n) is 5.92. The van der Waals surface area contributed by atoms with E-state index in [0.29, 0.717) is 30.2 Å². The van der Waals surface area contributed by atoms with Crippen molar-refractivity contribution in [2.45, 2.75) is 0 Å². The molecule has 1 aromatic carbocycles. The number of hydrogen-bond donors (Lipinski definition) is 2. The third kappa shape index (κ3) is 4.42. The average Bonchev–Trinajstić information content (AvgIpc) is 2.45. The lowest BCUT2D eigenvalue weighted by Gasteiger charge is -2.12. The number of rotatable bonds is 8. The Balaban J connectivity index is 2.65. The zero-order valence-corrected chi connectivity index (χ0v) is 11.1. The summed E-state index contributed by atoms with van der Waals surface area (Å²) >= 11 is 0. The average molecular weight is 269 g/mol. The van der Waals surface area contributed by atoms with Gasteiger partial charge in [0.25, 0.3) is 5.91 Å². The number of carbonyl (C=O) groups excluding carboxylic acids is 1. The molecule has 0 bridgehead atoms. The minimum Gasteiger partial charge on any atom is -0.496 e. The van der Waals surface area contributed by atoms with Crippen molar-refractivity contribution in [1.29, 1.82) is 0 Å². The van der Waals surface area contributed by atoms with Crippen molar-refractivity contribution < 1.29 is 24.1 Å². The zero-order chi connectivity index (χ0) is 14.1. The molecule has 0 radical (unpaired) electrons. The molecule has 1 aromatic rings. The van der Waals surface area contributed by atoms with E-state index in [1.165, 1.54) is 14.2 Å². The summed E-state index contributed by atoms with van der Waals surface area (Å²) in [7, 11) is 2.99. The van der Waals surface area contributed by atoms with Gasteiger partial charge in [-0.1, -0.05) is 6.07 Å². The Bertz CT molecular complexity index is 386. The van der Waals surface area contributed by atoms with Gasteiger partial charge in [0.2, 0.25) is 0 Å². The van der Waals surface area contributed by atoms with Crippen LogP contribution in [0.3, 0.4) is 0 Å². The lowest BCUT2D eigenvalue weighted by Crippen LogP contribution is -2.28. The molecule has 6 heteroatoms. The van der Waals surface area contributed by atoms with Crippen molar-refractivity contribution in [2.24, 2.45) is 0 Å². The van der Waals surface area contributed by atoms with Crippen molar-refractivity contribution in [1.82, 2.24) is 5.32 Å². The number of benzene rings is 1. The monoisotopic (exact) mass is 269 g/mol. The van der Waals surface area contributed by atoms with Crippen LogP contribution < -0.4 is 14.8 Å². The molecular formula is C13H19NO5. The van der Waals surface area contributed by atoms with Gasteiger partial charge in [-0.3, -0.25) is 4.79 Å². The SMILES string of the molecule is COc1cccc(OC)c1C(=O)NCCOCCO. The molecule has 0 unspecified atom stereocenters. The fourth-order valence-electron chi connectivity index (χ4n) is 1.57. The van der Waals surface area contributed by atoms with Gasteiger partial charge >= 0.3 is 0 Å². The molecule has 6 nitrogen and oxygen atoms in total. The Morgan fingerprint density at radius 3 is 2.37 bits per heavy atom. The summed E-state index contributed by atoms with van der Waals surface area (Å²) in [5.74, 6) is 0.614. The Hall–Kier alpha value is -1.79. The van der Waals surface area contributed by atoms with Crippen LogP contribution in [0.25, 0.3) is 0 Å². The van der Waals surface area contributed by atoms with Gasteiger partial charge in [-0.2, -0.15) is 0 Å². The summed E-state index contributed by atoms with van der Waals surface area (Å²) in [6.45, 7) is 0.909. The van der Waals surface area contributed by atoms with Crippen molar-refractivity contribution in [3.05, 3.63) is 23.8 Å². The van der Waals surface area contributed by atoms with E-state index >= 15 is 0 Å². The molecule has 0 aromatic heterocycles. The highest BCUT2D eigenvalue weighted by molar-refractivity contribution is 5.99. The summed E-state index contributed by atoms with van der Waals surface area (Å²) in [5.41, 5.74) is 0.356. The second kappa shape index (κ2) is 8.34. The van der Waals surface area contributed by atoms with E-state index in [1.54, 1.807) is 18.2 Å². The van der Waals surface area contributed by atoms with E-state index < -0.39 is 0 Å². The summed E-state index contributed by atoms with van der Waals surface area (Å²) < 4.78 is 15.4. The molecule has 0 saturated carbocycles. The van der Waals surface area contributed by atoms with Crippen LogP contribution in [0, 0.1) is 0 Å². The number of nitrogens with one attached hydrogen (secondary N) is 1. The fourth-order valence-corrected chi connectivity index (χ4v) is 1.57. The first kappa shape index (κ1) is 15.3. The third-order valence-electron chi connectivity index (χ3n) is 2.42. The van der Waals surface area contributed by atoms with Crippen LogP contribution in [0.5, 0.6) is 11.5 Å². The largest absolute Gasteiger partial charge is 0.496 e. The lowest BCUT2D eigenvalue weighted by molar-refractivity contribution is 0.0834. The van der Waals surface area contributed by atoms with E-state index in [4.69, 9.17) is 19.3 Å². The van der Waals surface area contributed by atoms with Gasteiger partial charge in [0.15, 0.2) is 0 Å². The second-order valence-electron chi connectivity index (χ2n) is 3.63. The molecule has 0 aliphatic carbocycles. The Morgan fingerprint density at radius 2 is 1.84 bits per heavy atom. The predicted octanol–water partition coefficient (Wildman–Crippen LogP) is 0.442. The number of aliphatic hydroxyl groups excluding tert-OH is 1. The summed E-state index contributed by atoms with van der Waals surface area (Å²) in [4.78, 5) is 12.1. The quantitative estimate of drug-likeness (QED) is 0.670. The van der Waals surface area contributed by atoms with E-state index in [-0.39, 0.29) is 19.1 Å². The Kier molecular flexibility index (Phi) is 6.70. The van der Waals surface area contributed by atoms with Crippen LogP contribution in [-0.2, 0) is 4.74 Å². The van der Waals surface area contributed by atoms with E-state index in [9.17, 15) is 4.79 Å². The minimum atomic E-state index is -0.290. The molecule has 0 saturated heterocycles. The molecule has 0 aliphatic rings. The number of aliphatic hydroxyl groups is 1. The van der Waals surface area contributed by atoms with Crippen LogP contribution in [0.4, 0.5) is 0 Å². The first-order valence-corrected chi connectivity index (χ1v) is 5.92. The normalized spacial score (nSPS) is 10.1. The van der Waals surface area contributed by atoms with Crippen LogP contribution >= 0.6 is 0 Å². The Morgan fingerprint density at radius 1 is 1.21 bits per heavy atom. The lowest BCUT2D eigenvalue weighted by atomic mass is 10.1. The molecular weight excluding hydrogens is 250 g/mol. The van der Waals surface area contributed by atoms with Crippen molar-refractivity contribution in [2.75, 3.05) is 40.6 Å². The number of hydrogen-bond acceptors (Lipinski definition) is 5. The summed E-state index contributed by atoms with van der Waals surface area (Å²) in [5, 5.41) is 11.2. The topological polar surface area (TPSA) is 77.0 Å². The van der Waals surface area contributed by atoms with E-state index in [2.05, 4.69) is 5.32 Å². The van der Waals surface area contributed by atoms with Crippen LogP contribution in [0.1, 0.15) is 10.4 Å². The number of methoxy groups -OCH3 is 2. The summed E-state index contributed by atoms with van der Waals surface area (Å²) in [6.07, 6.45) is 0. The molecule has 0 fully saturated rings. The van der Waals surface area contributed by atoms with Crippen LogP contribution in [0.2, 0.25) is 0 Å². The van der Waals surface area contributed by atoms with Gasteiger partial charge in [0.05, 0.1) is 34.0 Å². The highest BCUT2D eigenvalue weighted by atomic mass is 16.5. The van der Waals surface area contributed by atoms with Crippen molar-refractivity contribution in [3.63, 3.8) is 0 Å². The molecule has 1 amide bonds. The standard InChI is InChI=1S/C13H19NO5/c1-17-10-4-3-5-11(18-2)12(10)13(16)14-6-8-19-9-7-15/h3-5,15H,6-9H2,1-2H3,(H,14,16). The molecule has 0 spiro atoms. The number of carbonyl (C=O) groups is 1. The zero-order valence-electron chi connectivity index (χ0n) is 11.1. The third-order valence-corrected chi connectivity index (χ3v) is 2.42. The molecule has 19 heavy (non-hydrogen) atoms. The molecule has 106 valence electrons. The number of ether oxygens (including phenoxy) is 3. The van der Waals surface area contributed by atoms with Gasteiger partial charge in [-0.05, 0) is 12.1 Å². The Labute approximate surface area is 112 Å². The molecule has 0 atom stereocenters. The van der Waals surface area contributed by atoms with Crippen LogP contribution in [-0.4, -0.2) is 51.6 Å². The molecule has 0 aliphatic heterocycles. The molecule has 1 rings (SSSR count). The number of amides is 1. The van der Waals surface area contributed by atoms with Gasteiger partial charge in [-0.15, -0.1) is 0 Å². The van der Waals surface area contributed by atoms with Crippen molar-refractivity contribution >= 4 is 5.91 Å². The second-order valence-corrected chi connectivity index (χ2v) is 3.63.